The molecule has 0 aliphatic heterocycles. The van der Waals surface area contributed by atoms with E-state index in [-0.39, 0.29) is 36.9 Å². The fourth-order valence-corrected chi connectivity index (χ4v) is 5.35. The van der Waals surface area contributed by atoms with E-state index in [1.54, 1.807) is 0 Å². The minimum absolute atomic E-state index is 0.00908. The topological polar surface area (TPSA) is 95.9 Å². The number of carboxylic acid groups (broad SMARTS) is 1. The van der Waals surface area contributed by atoms with Crippen molar-refractivity contribution in [3.63, 3.8) is 0 Å². The van der Waals surface area contributed by atoms with Crippen LogP contribution < -0.4 is 5.32 Å². The molecule has 2 amide bonds. The van der Waals surface area contributed by atoms with Crippen LogP contribution in [-0.4, -0.2) is 52.7 Å². The number of hydrogen-bond donors (Lipinski definition) is 2. The van der Waals surface area contributed by atoms with Crippen LogP contribution in [0, 0.1) is 5.92 Å². The highest BCUT2D eigenvalue weighted by atomic mass is 16.5. The first kappa shape index (κ1) is 24.8. The Morgan fingerprint density at radius 2 is 1.60 bits per heavy atom. The largest absolute Gasteiger partial charge is 0.480 e. The molecular weight excluding hydrogens is 444 g/mol. The van der Waals surface area contributed by atoms with Gasteiger partial charge >= 0.3 is 12.1 Å². The SMILES string of the molecule is CC(C)(C)N(CC(=O)O)C(=O)[C@@H]1CCC[C@@H](NC(=O)OCC2c3ccccc3-c3ccccc32)C1. The Balaban J connectivity index is 1.36. The molecule has 35 heavy (non-hydrogen) atoms. The summed E-state index contributed by atoms with van der Waals surface area (Å²) in [5.74, 6) is -1.53. The number of carbonyl (C=O) groups excluding carboxylic acids is 2. The fourth-order valence-electron chi connectivity index (χ4n) is 5.35. The fraction of sp³-hybridized carbons (Fsp3) is 0.464. The maximum absolute atomic E-state index is 13.2. The molecule has 0 saturated heterocycles. The minimum atomic E-state index is -1.03. The number of amides is 2. The van der Waals surface area contributed by atoms with Crippen molar-refractivity contribution in [1.29, 1.82) is 0 Å². The van der Waals surface area contributed by atoms with Crippen LogP contribution in [0.25, 0.3) is 11.1 Å². The van der Waals surface area contributed by atoms with E-state index in [0.29, 0.717) is 12.8 Å². The van der Waals surface area contributed by atoms with Gasteiger partial charge in [0.05, 0.1) is 0 Å². The highest BCUT2D eigenvalue weighted by Gasteiger charge is 2.36. The molecular formula is C28H34N2O5. The summed E-state index contributed by atoms with van der Waals surface area (Å²) in [5, 5.41) is 12.2. The van der Waals surface area contributed by atoms with Crippen molar-refractivity contribution < 1.29 is 24.2 Å². The summed E-state index contributed by atoms with van der Waals surface area (Å²) in [6.45, 7) is 5.42. The minimum Gasteiger partial charge on any atom is -0.480 e. The van der Waals surface area contributed by atoms with Crippen molar-refractivity contribution in [2.75, 3.05) is 13.2 Å². The van der Waals surface area contributed by atoms with Gasteiger partial charge in [0.25, 0.3) is 0 Å². The van der Waals surface area contributed by atoms with E-state index in [2.05, 4.69) is 29.6 Å². The van der Waals surface area contributed by atoms with Crippen molar-refractivity contribution in [2.24, 2.45) is 5.92 Å². The van der Waals surface area contributed by atoms with Crippen LogP contribution in [-0.2, 0) is 14.3 Å². The number of alkyl carbamates (subject to hydrolysis) is 1. The highest BCUT2D eigenvalue weighted by molar-refractivity contribution is 5.84. The predicted octanol–water partition coefficient (Wildman–Crippen LogP) is 4.80. The first-order chi connectivity index (χ1) is 16.6. The maximum atomic E-state index is 13.2. The number of nitrogens with zero attached hydrogens (tertiary/aromatic N) is 1. The average Bonchev–Trinajstić information content (AvgIpc) is 3.14. The summed E-state index contributed by atoms with van der Waals surface area (Å²) in [4.78, 5) is 38.6. The lowest BCUT2D eigenvalue weighted by molar-refractivity contribution is -0.151. The van der Waals surface area contributed by atoms with Crippen molar-refractivity contribution in [3.8, 4) is 11.1 Å². The molecule has 7 nitrogen and oxygen atoms in total. The predicted molar refractivity (Wildman–Crippen MR) is 133 cm³/mol. The van der Waals surface area contributed by atoms with E-state index in [9.17, 15) is 19.5 Å². The number of carboxylic acids is 1. The van der Waals surface area contributed by atoms with E-state index < -0.39 is 17.6 Å². The molecule has 2 atom stereocenters. The zero-order valence-electron chi connectivity index (χ0n) is 20.6. The molecule has 2 aliphatic rings. The molecule has 0 radical (unpaired) electrons. The summed E-state index contributed by atoms with van der Waals surface area (Å²) in [6.07, 6.45) is 2.24. The third-order valence-electron chi connectivity index (χ3n) is 7.06. The Bertz CT molecular complexity index is 1060. The highest BCUT2D eigenvalue weighted by Crippen LogP contribution is 2.44. The average molecular weight is 479 g/mol. The molecule has 186 valence electrons. The van der Waals surface area contributed by atoms with Gasteiger partial charge in [-0.15, -0.1) is 0 Å². The van der Waals surface area contributed by atoms with Crippen molar-refractivity contribution in [3.05, 3.63) is 59.7 Å². The number of ether oxygens (including phenoxy) is 1. The molecule has 0 bridgehead atoms. The lowest BCUT2D eigenvalue weighted by atomic mass is 9.84. The Labute approximate surface area is 206 Å². The number of aliphatic carboxylic acids is 1. The number of benzene rings is 2. The Morgan fingerprint density at radius 3 is 2.17 bits per heavy atom. The van der Waals surface area contributed by atoms with Gasteiger partial charge in [-0.2, -0.15) is 0 Å². The monoisotopic (exact) mass is 478 g/mol. The molecule has 2 N–H and O–H groups in total. The van der Waals surface area contributed by atoms with Crippen LogP contribution in [0.5, 0.6) is 0 Å². The maximum Gasteiger partial charge on any atom is 0.407 e. The lowest BCUT2D eigenvalue weighted by Crippen LogP contribution is -2.52. The van der Waals surface area contributed by atoms with E-state index in [1.165, 1.54) is 16.0 Å². The summed E-state index contributed by atoms with van der Waals surface area (Å²) < 4.78 is 5.67. The molecule has 0 heterocycles. The van der Waals surface area contributed by atoms with Gasteiger partial charge in [-0.1, -0.05) is 55.0 Å². The summed E-state index contributed by atoms with van der Waals surface area (Å²) >= 11 is 0. The van der Waals surface area contributed by atoms with E-state index in [0.717, 1.165) is 24.0 Å². The molecule has 0 aromatic heterocycles. The Morgan fingerprint density at radius 1 is 1.00 bits per heavy atom. The summed E-state index contributed by atoms with van der Waals surface area (Å²) in [7, 11) is 0. The molecule has 2 aromatic rings. The van der Waals surface area contributed by atoms with Crippen LogP contribution in [0.1, 0.15) is 63.5 Å². The molecule has 1 saturated carbocycles. The quantitative estimate of drug-likeness (QED) is 0.622. The second-order valence-electron chi connectivity index (χ2n) is 10.5. The van der Waals surface area contributed by atoms with Crippen LogP contribution >= 0.6 is 0 Å². The van der Waals surface area contributed by atoms with E-state index >= 15 is 0 Å². The first-order valence-electron chi connectivity index (χ1n) is 12.3. The zero-order chi connectivity index (χ0) is 25.2. The van der Waals surface area contributed by atoms with Gasteiger partial charge in [0.1, 0.15) is 13.2 Å². The number of carbonyl (C=O) groups is 3. The lowest BCUT2D eigenvalue weighted by Gasteiger charge is -2.39. The standard InChI is InChI=1S/C28H34N2O5/c1-28(2,3)30(16-25(31)32)26(33)18-9-8-10-19(15-18)29-27(34)35-17-24-22-13-6-4-11-20(22)21-12-5-7-14-23(21)24/h4-7,11-14,18-19,24H,8-10,15-17H2,1-3H3,(H,29,34)(H,31,32)/t18-,19-/m1/s1. The number of hydrogen-bond acceptors (Lipinski definition) is 4. The van der Waals surface area contributed by atoms with E-state index in [4.69, 9.17) is 4.74 Å². The third-order valence-corrected chi connectivity index (χ3v) is 7.06. The zero-order valence-corrected chi connectivity index (χ0v) is 20.6. The number of fused-ring (bicyclic) bond motifs is 3. The van der Waals surface area contributed by atoms with Crippen molar-refractivity contribution in [1.82, 2.24) is 10.2 Å². The normalized spacial score (nSPS) is 19.4. The van der Waals surface area contributed by atoms with Crippen LogP contribution in [0.3, 0.4) is 0 Å². The second kappa shape index (κ2) is 10.1. The molecule has 0 unspecified atom stereocenters. The molecule has 0 spiro atoms. The number of nitrogens with one attached hydrogen (secondary N) is 1. The van der Waals surface area contributed by atoms with Gasteiger partial charge in [-0.25, -0.2) is 4.79 Å². The van der Waals surface area contributed by atoms with Crippen LogP contribution in [0.15, 0.2) is 48.5 Å². The smallest absolute Gasteiger partial charge is 0.407 e. The summed E-state index contributed by atoms with van der Waals surface area (Å²) in [5.41, 5.74) is 4.07. The molecule has 2 aliphatic carbocycles. The molecule has 2 aromatic carbocycles. The van der Waals surface area contributed by atoms with Gasteiger partial charge in [0.2, 0.25) is 5.91 Å². The molecule has 7 heteroatoms. The van der Waals surface area contributed by atoms with E-state index in [1.807, 2.05) is 45.0 Å². The third kappa shape index (κ3) is 5.50. The van der Waals surface area contributed by atoms with Gasteiger partial charge < -0.3 is 20.1 Å². The van der Waals surface area contributed by atoms with Gasteiger partial charge in [0, 0.05) is 23.4 Å². The first-order valence-corrected chi connectivity index (χ1v) is 12.3. The summed E-state index contributed by atoms with van der Waals surface area (Å²) in [6, 6.07) is 16.2. The Kier molecular flexibility index (Phi) is 7.15. The molecule has 4 rings (SSSR count). The number of rotatable bonds is 6. The van der Waals surface area contributed by atoms with Gasteiger partial charge in [0.15, 0.2) is 0 Å². The second-order valence-corrected chi connectivity index (χ2v) is 10.5. The van der Waals surface area contributed by atoms with Crippen molar-refractivity contribution in [2.45, 2.75) is 64.0 Å². The van der Waals surface area contributed by atoms with Gasteiger partial charge in [-0.05, 0) is 62.3 Å². The van der Waals surface area contributed by atoms with Crippen LogP contribution in [0.4, 0.5) is 4.79 Å². The van der Waals surface area contributed by atoms with Crippen molar-refractivity contribution >= 4 is 18.0 Å². The molecule has 1 fully saturated rings. The Hall–Kier alpha value is -3.35. The van der Waals surface area contributed by atoms with Gasteiger partial charge in [-0.3, -0.25) is 9.59 Å². The van der Waals surface area contributed by atoms with Crippen LogP contribution in [0.2, 0.25) is 0 Å².